The zero-order valence-corrected chi connectivity index (χ0v) is 12.8. The number of rotatable bonds is 4. The molecule has 0 N–H and O–H groups in total. The molecule has 2 fully saturated rings. The molecule has 0 aliphatic heterocycles. The van der Waals surface area contributed by atoms with Crippen LogP contribution in [-0.4, -0.2) is 4.98 Å². The number of hydrogen-bond acceptors (Lipinski definition) is 1. The van der Waals surface area contributed by atoms with Crippen LogP contribution in [0.3, 0.4) is 0 Å². The first-order chi connectivity index (χ1) is 9.93. The Labute approximate surface area is 124 Å². The van der Waals surface area contributed by atoms with E-state index < -0.39 is 0 Å². The standard InChI is InChI=1S/C19H29N/c1-3-9-16(10-4-1)19(17-11-5-2-6-12-17)15-18-13-7-8-14-20-18/h7-8,13-14,16-17,19H,1-6,9-12,15H2. The van der Waals surface area contributed by atoms with Crippen LogP contribution in [-0.2, 0) is 6.42 Å². The summed E-state index contributed by atoms with van der Waals surface area (Å²) in [5.74, 6) is 2.87. The van der Waals surface area contributed by atoms with Gasteiger partial charge in [0.1, 0.15) is 0 Å². The monoisotopic (exact) mass is 271 g/mol. The maximum absolute atomic E-state index is 4.61. The molecule has 0 bridgehead atoms. The fraction of sp³-hybridized carbons (Fsp3) is 0.737. The maximum atomic E-state index is 4.61. The van der Waals surface area contributed by atoms with Gasteiger partial charge in [0.15, 0.2) is 0 Å². The first kappa shape index (κ1) is 14.1. The van der Waals surface area contributed by atoms with E-state index in [2.05, 4.69) is 17.1 Å². The molecule has 2 aliphatic carbocycles. The van der Waals surface area contributed by atoms with Crippen LogP contribution in [0.1, 0.15) is 69.9 Å². The molecular weight excluding hydrogens is 242 g/mol. The van der Waals surface area contributed by atoms with Crippen molar-refractivity contribution >= 4 is 0 Å². The van der Waals surface area contributed by atoms with Crippen molar-refractivity contribution in [3.63, 3.8) is 0 Å². The van der Waals surface area contributed by atoms with Crippen molar-refractivity contribution in [3.8, 4) is 0 Å². The van der Waals surface area contributed by atoms with Crippen molar-refractivity contribution in [1.29, 1.82) is 0 Å². The molecule has 3 rings (SSSR count). The molecule has 2 aliphatic rings. The topological polar surface area (TPSA) is 12.9 Å². The molecule has 0 radical (unpaired) electrons. The van der Waals surface area contributed by atoms with Crippen molar-refractivity contribution in [2.45, 2.75) is 70.6 Å². The highest BCUT2D eigenvalue weighted by atomic mass is 14.7. The molecule has 0 saturated heterocycles. The number of aromatic nitrogens is 1. The van der Waals surface area contributed by atoms with Gasteiger partial charge in [0.05, 0.1) is 0 Å². The van der Waals surface area contributed by atoms with Crippen LogP contribution in [0.4, 0.5) is 0 Å². The van der Waals surface area contributed by atoms with Crippen LogP contribution in [0, 0.1) is 17.8 Å². The minimum atomic E-state index is 0.908. The molecule has 1 aromatic heterocycles. The van der Waals surface area contributed by atoms with Gasteiger partial charge in [-0.15, -0.1) is 0 Å². The second-order valence-corrected chi connectivity index (χ2v) is 6.99. The third-order valence-corrected chi connectivity index (χ3v) is 5.68. The predicted octanol–water partition coefficient (Wildman–Crippen LogP) is 5.40. The third kappa shape index (κ3) is 3.62. The summed E-state index contributed by atoms with van der Waals surface area (Å²) in [6.07, 6.45) is 17.9. The summed E-state index contributed by atoms with van der Waals surface area (Å²) >= 11 is 0. The number of nitrogens with zero attached hydrogens (tertiary/aromatic N) is 1. The van der Waals surface area contributed by atoms with Gasteiger partial charge in [0, 0.05) is 11.9 Å². The second-order valence-electron chi connectivity index (χ2n) is 6.99. The SMILES string of the molecule is c1ccc(CC(C2CCCCC2)C2CCCCC2)nc1. The summed E-state index contributed by atoms with van der Waals surface area (Å²) in [6.45, 7) is 0. The average Bonchev–Trinajstić information content (AvgIpc) is 2.55. The molecule has 0 unspecified atom stereocenters. The molecule has 1 heterocycles. The van der Waals surface area contributed by atoms with Crippen molar-refractivity contribution in [2.24, 2.45) is 17.8 Å². The van der Waals surface area contributed by atoms with Crippen molar-refractivity contribution < 1.29 is 0 Å². The summed E-state index contributed by atoms with van der Waals surface area (Å²) in [4.78, 5) is 4.61. The van der Waals surface area contributed by atoms with Gasteiger partial charge in [-0.3, -0.25) is 4.98 Å². The van der Waals surface area contributed by atoms with Crippen LogP contribution in [0.5, 0.6) is 0 Å². The lowest BCUT2D eigenvalue weighted by atomic mass is 9.68. The van der Waals surface area contributed by atoms with E-state index >= 15 is 0 Å². The molecule has 1 aromatic rings. The quantitative estimate of drug-likeness (QED) is 0.714. The molecule has 1 heteroatoms. The largest absolute Gasteiger partial charge is 0.261 e. The lowest BCUT2D eigenvalue weighted by Crippen LogP contribution is -2.29. The van der Waals surface area contributed by atoms with E-state index in [9.17, 15) is 0 Å². The van der Waals surface area contributed by atoms with Crippen LogP contribution in [0.15, 0.2) is 24.4 Å². The molecular formula is C19H29N. The fourth-order valence-electron chi connectivity index (χ4n) is 4.60. The van der Waals surface area contributed by atoms with Gasteiger partial charge in [-0.2, -0.15) is 0 Å². The summed E-state index contributed by atoms with van der Waals surface area (Å²) in [5.41, 5.74) is 1.33. The summed E-state index contributed by atoms with van der Waals surface area (Å²) in [6, 6.07) is 6.43. The normalized spacial score (nSPS) is 22.2. The van der Waals surface area contributed by atoms with Gasteiger partial charge in [-0.1, -0.05) is 70.3 Å². The Morgan fingerprint density at radius 2 is 1.45 bits per heavy atom. The van der Waals surface area contributed by atoms with Crippen molar-refractivity contribution in [3.05, 3.63) is 30.1 Å². The molecule has 0 amide bonds. The molecule has 0 atom stereocenters. The summed E-state index contributed by atoms with van der Waals surface area (Å²) < 4.78 is 0. The van der Waals surface area contributed by atoms with E-state index in [-0.39, 0.29) is 0 Å². The highest BCUT2D eigenvalue weighted by Gasteiger charge is 2.31. The lowest BCUT2D eigenvalue weighted by Gasteiger charge is -2.38. The highest BCUT2D eigenvalue weighted by molar-refractivity contribution is 5.05. The maximum Gasteiger partial charge on any atom is 0.0406 e. The number of hydrogen-bond donors (Lipinski definition) is 0. The van der Waals surface area contributed by atoms with Crippen molar-refractivity contribution in [2.75, 3.05) is 0 Å². The van der Waals surface area contributed by atoms with E-state index in [1.807, 2.05) is 12.3 Å². The Balaban J connectivity index is 1.71. The van der Waals surface area contributed by atoms with Crippen LogP contribution < -0.4 is 0 Å². The van der Waals surface area contributed by atoms with E-state index in [1.54, 1.807) is 0 Å². The highest BCUT2D eigenvalue weighted by Crippen LogP contribution is 2.41. The molecule has 20 heavy (non-hydrogen) atoms. The van der Waals surface area contributed by atoms with Gasteiger partial charge in [-0.25, -0.2) is 0 Å². The smallest absolute Gasteiger partial charge is 0.0406 e. The minimum absolute atomic E-state index is 0.908. The van der Waals surface area contributed by atoms with Crippen molar-refractivity contribution in [1.82, 2.24) is 4.98 Å². The Hall–Kier alpha value is -0.850. The lowest BCUT2D eigenvalue weighted by molar-refractivity contribution is 0.142. The predicted molar refractivity (Wildman–Crippen MR) is 84.6 cm³/mol. The first-order valence-corrected chi connectivity index (χ1v) is 8.83. The summed E-state index contributed by atoms with van der Waals surface area (Å²) in [5, 5.41) is 0. The van der Waals surface area contributed by atoms with Gasteiger partial charge >= 0.3 is 0 Å². The molecule has 0 aromatic carbocycles. The third-order valence-electron chi connectivity index (χ3n) is 5.68. The second kappa shape index (κ2) is 7.24. The Morgan fingerprint density at radius 3 is 1.95 bits per heavy atom. The van der Waals surface area contributed by atoms with Crippen LogP contribution in [0.2, 0.25) is 0 Å². The minimum Gasteiger partial charge on any atom is -0.261 e. The van der Waals surface area contributed by atoms with E-state index in [1.165, 1.54) is 76.3 Å². The fourth-order valence-corrected chi connectivity index (χ4v) is 4.60. The van der Waals surface area contributed by atoms with Crippen LogP contribution >= 0.6 is 0 Å². The van der Waals surface area contributed by atoms with E-state index in [4.69, 9.17) is 0 Å². The van der Waals surface area contributed by atoms with E-state index in [0.29, 0.717) is 0 Å². The summed E-state index contributed by atoms with van der Waals surface area (Å²) in [7, 11) is 0. The van der Waals surface area contributed by atoms with Gasteiger partial charge in [0.2, 0.25) is 0 Å². The molecule has 0 spiro atoms. The van der Waals surface area contributed by atoms with Crippen LogP contribution in [0.25, 0.3) is 0 Å². The Kier molecular flexibility index (Phi) is 5.11. The van der Waals surface area contributed by atoms with Gasteiger partial charge < -0.3 is 0 Å². The Morgan fingerprint density at radius 1 is 0.850 bits per heavy atom. The first-order valence-electron chi connectivity index (χ1n) is 8.83. The Bertz CT molecular complexity index is 356. The van der Waals surface area contributed by atoms with E-state index in [0.717, 1.165) is 17.8 Å². The van der Waals surface area contributed by atoms with Gasteiger partial charge in [0.25, 0.3) is 0 Å². The average molecular weight is 271 g/mol. The van der Waals surface area contributed by atoms with Gasteiger partial charge in [-0.05, 0) is 36.3 Å². The zero-order valence-electron chi connectivity index (χ0n) is 12.8. The molecule has 1 nitrogen and oxygen atoms in total. The number of pyridine rings is 1. The zero-order chi connectivity index (χ0) is 13.6. The molecule has 2 saturated carbocycles. The molecule has 110 valence electrons.